The lowest BCUT2D eigenvalue weighted by Crippen LogP contribution is -2.00. The lowest BCUT2D eigenvalue weighted by Gasteiger charge is -2.10. The smallest absolute Gasteiger partial charge is 0.164 e. The van der Waals surface area contributed by atoms with E-state index in [1.54, 1.807) is 0 Å². The maximum atomic E-state index is 6.75. The fourth-order valence-electron chi connectivity index (χ4n) is 20.0. The Morgan fingerprint density at radius 2 is 0.523 bits per heavy atom. The van der Waals surface area contributed by atoms with Crippen LogP contribution >= 0.6 is 11.3 Å². The van der Waals surface area contributed by atoms with Crippen LogP contribution in [-0.2, 0) is 0 Å². The highest BCUT2D eigenvalue weighted by atomic mass is 32.1. The molecule has 132 heavy (non-hydrogen) atoms. The normalized spacial score (nSPS) is 11.8. The van der Waals surface area contributed by atoms with Crippen molar-refractivity contribution in [2.75, 3.05) is 0 Å². The van der Waals surface area contributed by atoms with Crippen LogP contribution in [0.3, 0.4) is 0 Å². The van der Waals surface area contributed by atoms with Crippen molar-refractivity contribution >= 4 is 141 Å². The minimum atomic E-state index is 0.643. The zero-order chi connectivity index (χ0) is 86.9. The van der Waals surface area contributed by atoms with Crippen molar-refractivity contribution in [3.63, 3.8) is 0 Å². The van der Waals surface area contributed by atoms with Gasteiger partial charge in [0.2, 0.25) is 0 Å². The highest BCUT2D eigenvalue weighted by Gasteiger charge is 2.25. The van der Waals surface area contributed by atoms with Crippen LogP contribution in [0.15, 0.2) is 459 Å². The van der Waals surface area contributed by atoms with Crippen LogP contribution in [0.4, 0.5) is 0 Å². The molecule has 0 bridgehead atoms. The van der Waals surface area contributed by atoms with Gasteiger partial charge in [-0.15, -0.1) is 11.3 Å². The fraction of sp³-hybridized carbons (Fsp3) is 0. The maximum absolute atomic E-state index is 6.75. The van der Waals surface area contributed by atoms with Crippen molar-refractivity contribution in [2.45, 2.75) is 0 Å². The number of thiophene rings is 1. The van der Waals surface area contributed by atoms with Crippen molar-refractivity contribution in [3.05, 3.63) is 455 Å². The second kappa shape index (κ2) is 31.2. The second-order valence-electron chi connectivity index (χ2n) is 33.8. The van der Waals surface area contributed by atoms with Crippen molar-refractivity contribution < 1.29 is 4.42 Å². The molecule has 0 saturated heterocycles. The first-order chi connectivity index (χ1) is 65.4. The molecule has 11 heteroatoms. The highest BCUT2D eigenvalue weighted by Crippen LogP contribution is 2.47. The summed E-state index contributed by atoms with van der Waals surface area (Å²) in [6.07, 6.45) is 0. The summed E-state index contributed by atoms with van der Waals surface area (Å²) in [7, 11) is 0. The van der Waals surface area contributed by atoms with Crippen LogP contribution in [0.25, 0.3) is 254 Å². The number of furan rings is 1. The van der Waals surface area contributed by atoms with Crippen molar-refractivity contribution in [2.24, 2.45) is 0 Å². The summed E-state index contributed by atoms with van der Waals surface area (Å²) in [6.45, 7) is 0. The average molecular weight is 1700 g/mol. The summed E-state index contributed by atoms with van der Waals surface area (Å²) in [4.78, 5) is 25.2. The van der Waals surface area contributed by atoms with Gasteiger partial charge >= 0.3 is 0 Å². The van der Waals surface area contributed by atoms with E-state index in [9.17, 15) is 0 Å². The molecular weight excluding hydrogens is 1630 g/mol. The van der Waals surface area contributed by atoms with Gasteiger partial charge in [0.25, 0.3) is 0 Å². The largest absolute Gasteiger partial charge is 0.455 e. The minimum absolute atomic E-state index is 0.643. The first-order valence-corrected chi connectivity index (χ1v) is 45.4. The Balaban J connectivity index is 0.000000139. The fourth-order valence-corrected chi connectivity index (χ4v) is 21.2. The summed E-state index contributed by atoms with van der Waals surface area (Å²) in [5.41, 5.74) is 30.2. The molecule has 10 nitrogen and oxygen atoms in total. The van der Waals surface area contributed by atoms with Gasteiger partial charge in [-0.1, -0.05) is 303 Å². The number of benzene rings is 19. The average Bonchev–Trinajstić information content (AvgIpc) is 1.60. The Morgan fingerprint density at radius 1 is 0.182 bits per heavy atom. The summed E-state index contributed by atoms with van der Waals surface area (Å²) in [5.74, 6) is 2.62. The predicted molar refractivity (Wildman–Crippen MR) is 548 cm³/mol. The third-order valence-corrected chi connectivity index (χ3v) is 27.3. The van der Waals surface area contributed by atoms with Crippen molar-refractivity contribution in [3.8, 4) is 124 Å². The first-order valence-electron chi connectivity index (χ1n) is 44.6. The molecular formula is C121H75N9OS. The molecule has 0 saturated carbocycles. The molecule has 8 aromatic heterocycles. The van der Waals surface area contributed by atoms with Gasteiger partial charge in [0.1, 0.15) is 11.2 Å². The number of aromatic nitrogens is 9. The molecule has 0 radical (unpaired) electrons. The molecule has 0 fully saturated rings. The number of hydrogen-bond donors (Lipinski definition) is 0. The highest BCUT2D eigenvalue weighted by molar-refractivity contribution is 7.26. The van der Waals surface area contributed by atoms with E-state index in [0.29, 0.717) is 23.3 Å². The van der Waals surface area contributed by atoms with E-state index in [-0.39, 0.29) is 0 Å². The molecule has 0 spiro atoms. The molecule has 0 amide bonds. The van der Waals surface area contributed by atoms with Crippen LogP contribution < -0.4 is 0 Å². The van der Waals surface area contributed by atoms with Crippen molar-refractivity contribution in [1.29, 1.82) is 0 Å². The lowest BCUT2D eigenvalue weighted by molar-refractivity contribution is 0.669. The molecule has 27 aromatic rings. The molecule has 0 atom stereocenters. The Kier molecular flexibility index (Phi) is 17.9. The van der Waals surface area contributed by atoms with E-state index in [1.807, 2.05) is 108 Å². The lowest BCUT2D eigenvalue weighted by atomic mass is 10.0. The number of fused-ring (bicyclic) bond motifs is 18. The predicted octanol–water partition coefficient (Wildman–Crippen LogP) is 32.0. The van der Waals surface area contributed by atoms with E-state index in [4.69, 9.17) is 29.3 Å². The van der Waals surface area contributed by atoms with E-state index in [2.05, 4.69) is 376 Å². The van der Waals surface area contributed by atoms with Gasteiger partial charge in [0.05, 0.1) is 55.5 Å². The third-order valence-electron chi connectivity index (χ3n) is 26.1. The molecule has 0 aliphatic rings. The van der Waals surface area contributed by atoms with Crippen LogP contribution in [-0.4, -0.2) is 43.2 Å². The number of rotatable bonds is 13. The quantitative estimate of drug-likeness (QED) is 0.114. The standard InChI is InChI=1S/C63H39N5S.C58H36N4O/c1-4-16-40(17-5-1)61-64-62(41-18-6-2-7-19-41)66-63(65-61)45-21-14-20-44(36-45)48-26-15-27-51-54-39-47(32-35-59(54)69-60(48)51)68-56-29-13-11-25-50(56)53-38-43(31-34-58(53)68)42-30-33-57-52(37-42)49-24-10-12-28-55(49)67(57)46-22-8-3-9-23-46;1-4-15-37(16-5-1)50-36-51(60-58(59-50)38-17-6-2-7-18-38)46-24-14-23-45-49-35-42(29-32-56(49)63-57(45)46)62-53-26-13-11-22-44(53)48-34-40(28-31-55(48)62)39-27-30-54-47(33-39)43-21-10-12-25-52(43)61(54)41-19-8-3-9-20-41/h1-39H;1-36H. The third kappa shape index (κ3) is 12.8. The second-order valence-corrected chi connectivity index (χ2v) is 34.8. The van der Waals surface area contributed by atoms with Gasteiger partial charge < -0.3 is 22.7 Å². The topological polar surface area (TPSA) is 97.3 Å². The van der Waals surface area contributed by atoms with E-state index >= 15 is 0 Å². The number of para-hydroxylation sites is 7. The van der Waals surface area contributed by atoms with Gasteiger partial charge in [0, 0.05) is 130 Å². The summed E-state index contributed by atoms with van der Waals surface area (Å²) < 4.78 is 18.8. The summed E-state index contributed by atoms with van der Waals surface area (Å²) >= 11 is 1.85. The molecule has 0 N–H and O–H groups in total. The Bertz CT molecular complexity index is 9160. The summed E-state index contributed by atoms with van der Waals surface area (Å²) in [5, 5.41) is 14.5. The molecule has 0 unspecified atom stereocenters. The molecule has 616 valence electrons. The molecule has 19 aromatic carbocycles. The van der Waals surface area contributed by atoms with Gasteiger partial charge in [0.15, 0.2) is 23.3 Å². The SMILES string of the molecule is c1ccc(-c2cc(-c3cccc4c3oc3ccc(-n5c6ccccc6c6cc(-c7ccc8c(c7)c7ccccc7n8-c7ccccc7)ccc65)cc34)nc(-c3ccccc3)n2)cc1.c1ccc(-c2nc(-c3ccccc3)nc(-c3cccc(-c4cccc5c4sc4ccc(-n6c7ccccc7c7cc(-c8ccc9c(c8)c8ccccc8n9-c8ccccc8)ccc76)cc45)c3)n2)cc1. The first kappa shape index (κ1) is 75.8. The maximum Gasteiger partial charge on any atom is 0.164 e. The molecule has 0 aliphatic heterocycles. The Labute approximate surface area is 762 Å². The van der Waals surface area contributed by atoms with E-state index in [0.717, 1.165) is 106 Å². The van der Waals surface area contributed by atoms with Gasteiger partial charge in [-0.2, -0.15) is 0 Å². The van der Waals surface area contributed by atoms with Crippen LogP contribution in [0.1, 0.15) is 0 Å². The Hall–Kier alpha value is -17.5. The van der Waals surface area contributed by atoms with Gasteiger partial charge in [-0.3, -0.25) is 0 Å². The van der Waals surface area contributed by atoms with Crippen LogP contribution in [0, 0.1) is 0 Å². The molecule has 8 heterocycles. The van der Waals surface area contributed by atoms with Crippen LogP contribution in [0.5, 0.6) is 0 Å². The van der Waals surface area contributed by atoms with Gasteiger partial charge in [-0.05, 0) is 185 Å². The van der Waals surface area contributed by atoms with E-state index < -0.39 is 0 Å². The summed E-state index contributed by atoms with van der Waals surface area (Å²) in [6, 6.07) is 162. The molecule has 0 aliphatic carbocycles. The van der Waals surface area contributed by atoms with Gasteiger partial charge in [-0.25, -0.2) is 24.9 Å². The monoisotopic (exact) mass is 1700 g/mol. The number of nitrogens with zero attached hydrogens (tertiary/aromatic N) is 9. The zero-order valence-electron chi connectivity index (χ0n) is 71.1. The molecule has 27 rings (SSSR count). The Morgan fingerprint density at radius 3 is 0.992 bits per heavy atom. The van der Waals surface area contributed by atoms with Crippen molar-refractivity contribution in [1.82, 2.24) is 43.2 Å². The van der Waals surface area contributed by atoms with E-state index in [1.165, 1.54) is 124 Å². The number of hydrogen-bond acceptors (Lipinski definition) is 7. The minimum Gasteiger partial charge on any atom is -0.455 e. The zero-order valence-corrected chi connectivity index (χ0v) is 72.0. The van der Waals surface area contributed by atoms with Crippen LogP contribution in [0.2, 0.25) is 0 Å².